The predicted molar refractivity (Wildman–Crippen MR) is 92.7 cm³/mol. The van der Waals surface area contributed by atoms with Gasteiger partial charge in [0.1, 0.15) is 0 Å². The van der Waals surface area contributed by atoms with Crippen molar-refractivity contribution in [1.29, 1.82) is 0 Å². The fraction of sp³-hybridized carbons (Fsp3) is 0.474. The summed E-state index contributed by atoms with van der Waals surface area (Å²) in [5.41, 5.74) is 1.71. The number of hydrogen-bond acceptors (Lipinski definition) is 2. The van der Waals surface area contributed by atoms with Crippen LogP contribution in [0.15, 0.2) is 30.5 Å². The summed E-state index contributed by atoms with van der Waals surface area (Å²) in [5, 5.41) is 0.967. The van der Waals surface area contributed by atoms with Crippen LogP contribution in [0.4, 0.5) is 0 Å². The molecule has 126 valence electrons. The number of carbonyl (C=O) groups is 2. The first-order valence-electron chi connectivity index (χ1n) is 8.88. The van der Waals surface area contributed by atoms with Crippen LogP contribution in [-0.2, 0) is 4.79 Å². The van der Waals surface area contributed by atoms with Gasteiger partial charge in [0.15, 0.2) is 0 Å². The van der Waals surface area contributed by atoms with Gasteiger partial charge < -0.3 is 14.8 Å². The smallest absolute Gasteiger partial charge is 0.256 e. The van der Waals surface area contributed by atoms with Gasteiger partial charge in [-0.05, 0) is 25.3 Å². The zero-order valence-corrected chi connectivity index (χ0v) is 13.8. The van der Waals surface area contributed by atoms with Crippen LogP contribution in [-0.4, -0.2) is 52.8 Å². The maximum atomic E-state index is 12.9. The normalized spacial score (nSPS) is 19.2. The molecule has 24 heavy (non-hydrogen) atoms. The average Bonchev–Trinajstić information content (AvgIpc) is 2.81. The summed E-state index contributed by atoms with van der Waals surface area (Å²) in [4.78, 5) is 32.4. The molecule has 0 spiro atoms. The molecule has 0 unspecified atom stereocenters. The summed E-state index contributed by atoms with van der Waals surface area (Å²) in [6.45, 7) is 2.76. The van der Waals surface area contributed by atoms with Crippen molar-refractivity contribution in [3.05, 3.63) is 36.0 Å². The third kappa shape index (κ3) is 2.68. The molecule has 1 aromatic carbocycles. The molecule has 1 aliphatic heterocycles. The van der Waals surface area contributed by atoms with E-state index in [9.17, 15) is 9.59 Å². The zero-order valence-electron chi connectivity index (χ0n) is 13.8. The fourth-order valence-corrected chi connectivity index (χ4v) is 3.67. The summed E-state index contributed by atoms with van der Waals surface area (Å²) in [6, 6.07) is 7.87. The number of para-hydroxylation sites is 1. The molecule has 0 atom stereocenters. The molecule has 1 saturated heterocycles. The number of amides is 2. The molecule has 1 saturated carbocycles. The minimum Gasteiger partial charge on any atom is -0.360 e. The number of rotatable bonds is 2. The lowest BCUT2D eigenvalue weighted by atomic mass is 9.84. The lowest BCUT2D eigenvalue weighted by Gasteiger charge is -2.31. The molecule has 2 aliphatic rings. The van der Waals surface area contributed by atoms with Gasteiger partial charge in [-0.15, -0.1) is 0 Å². The van der Waals surface area contributed by atoms with Crippen LogP contribution in [0.5, 0.6) is 0 Å². The Morgan fingerprint density at radius 2 is 1.71 bits per heavy atom. The van der Waals surface area contributed by atoms with Gasteiger partial charge in [0.05, 0.1) is 5.56 Å². The predicted octanol–water partition coefficient (Wildman–Crippen LogP) is 2.64. The fourth-order valence-electron chi connectivity index (χ4n) is 3.67. The molecule has 2 heterocycles. The summed E-state index contributed by atoms with van der Waals surface area (Å²) in [6.07, 6.45) is 5.90. The van der Waals surface area contributed by atoms with Crippen molar-refractivity contribution < 1.29 is 9.59 Å². The molecule has 1 aliphatic carbocycles. The van der Waals surface area contributed by atoms with Gasteiger partial charge in [-0.3, -0.25) is 9.59 Å². The molecule has 0 radical (unpaired) electrons. The third-order valence-corrected chi connectivity index (χ3v) is 5.37. The highest BCUT2D eigenvalue weighted by Gasteiger charge is 2.31. The Hall–Kier alpha value is -2.30. The van der Waals surface area contributed by atoms with E-state index in [-0.39, 0.29) is 11.8 Å². The van der Waals surface area contributed by atoms with Gasteiger partial charge in [-0.25, -0.2) is 0 Å². The molecule has 2 amide bonds. The number of hydrogen-bond donors (Lipinski definition) is 1. The van der Waals surface area contributed by atoms with Gasteiger partial charge in [-0.2, -0.15) is 0 Å². The lowest BCUT2D eigenvalue weighted by Crippen LogP contribution is -2.41. The minimum absolute atomic E-state index is 0.0605. The van der Waals surface area contributed by atoms with Gasteiger partial charge in [-0.1, -0.05) is 24.6 Å². The Morgan fingerprint density at radius 3 is 2.50 bits per heavy atom. The average molecular weight is 325 g/mol. The summed E-state index contributed by atoms with van der Waals surface area (Å²) in [7, 11) is 0. The van der Waals surface area contributed by atoms with E-state index in [4.69, 9.17) is 0 Å². The van der Waals surface area contributed by atoms with Crippen LogP contribution in [0.1, 0.15) is 36.0 Å². The second-order valence-corrected chi connectivity index (χ2v) is 6.85. The largest absolute Gasteiger partial charge is 0.360 e. The van der Waals surface area contributed by atoms with Crippen molar-refractivity contribution in [3.8, 4) is 0 Å². The molecule has 4 rings (SSSR count). The quantitative estimate of drug-likeness (QED) is 0.923. The van der Waals surface area contributed by atoms with Crippen LogP contribution in [0.2, 0.25) is 0 Å². The Labute approximate surface area is 141 Å². The van der Waals surface area contributed by atoms with E-state index >= 15 is 0 Å². The number of aromatic amines is 1. The van der Waals surface area contributed by atoms with E-state index in [1.165, 1.54) is 6.42 Å². The van der Waals surface area contributed by atoms with Crippen molar-refractivity contribution in [2.24, 2.45) is 5.92 Å². The molecule has 0 bridgehead atoms. The van der Waals surface area contributed by atoms with Crippen molar-refractivity contribution in [2.75, 3.05) is 26.2 Å². The lowest BCUT2D eigenvalue weighted by molar-refractivity contribution is -0.138. The maximum absolute atomic E-state index is 12.9. The first-order chi connectivity index (χ1) is 11.7. The Morgan fingerprint density at radius 1 is 0.958 bits per heavy atom. The number of nitrogens with one attached hydrogen (secondary N) is 1. The maximum Gasteiger partial charge on any atom is 0.256 e. The second kappa shape index (κ2) is 6.30. The summed E-state index contributed by atoms with van der Waals surface area (Å²) < 4.78 is 0. The van der Waals surface area contributed by atoms with Gasteiger partial charge in [0, 0.05) is 49.2 Å². The van der Waals surface area contributed by atoms with Crippen molar-refractivity contribution in [1.82, 2.24) is 14.8 Å². The van der Waals surface area contributed by atoms with Gasteiger partial charge >= 0.3 is 0 Å². The molecular formula is C19H23N3O2. The molecule has 2 aromatic rings. The molecule has 5 heteroatoms. The highest BCUT2D eigenvalue weighted by molar-refractivity contribution is 6.06. The van der Waals surface area contributed by atoms with E-state index in [1.807, 2.05) is 34.1 Å². The number of aromatic nitrogens is 1. The second-order valence-electron chi connectivity index (χ2n) is 6.85. The molecular weight excluding hydrogens is 302 g/mol. The molecule has 1 N–H and O–H groups in total. The van der Waals surface area contributed by atoms with E-state index in [0.717, 1.165) is 42.3 Å². The van der Waals surface area contributed by atoms with Crippen LogP contribution in [0.25, 0.3) is 10.9 Å². The van der Waals surface area contributed by atoms with Crippen LogP contribution < -0.4 is 0 Å². The van der Waals surface area contributed by atoms with Gasteiger partial charge in [0.2, 0.25) is 5.91 Å². The summed E-state index contributed by atoms with van der Waals surface area (Å²) >= 11 is 0. The zero-order chi connectivity index (χ0) is 16.5. The molecule has 2 fully saturated rings. The van der Waals surface area contributed by atoms with E-state index in [0.29, 0.717) is 25.5 Å². The minimum atomic E-state index is 0.0605. The number of benzene rings is 1. The molecule has 5 nitrogen and oxygen atoms in total. The first-order valence-corrected chi connectivity index (χ1v) is 8.88. The van der Waals surface area contributed by atoms with Crippen LogP contribution in [0, 0.1) is 5.92 Å². The van der Waals surface area contributed by atoms with Crippen LogP contribution in [0.3, 0.4) is 0 Å². The van der Waals surface area contributed by atoms with E-state index < -0.39 is 0 Å². The standard InChI is InChI=1S/C19H23N3O2/c23-18(14-5-3-6-14)21-9-4-10-22(12-11-21)19(24)16-13-20-17-8-2-1-7-15(16)17/h1-2,7-8,13-14,20H,3-6,9-12H2. The Bertz CT molecular complexity index is 763. The van der Waals surface area contributed by atoms with E-state index in [2.05, 4.69) is 4.98 Å². The highest BCUT2D eigenvalue weighted by Crippen LogP contribution is 2.28. The monoisotopic (exact) mass is 325 g/mol. The van der Waals surface area contributed by atoms with Crippen molar-refractivity contribution >= 4 is 22.7 Å². The number of H-pyrrole nitrogens is 1. The third-order valence-electron chi connectivity index (χ3n) is 5.37. The number of nitrogens with zero attached hydrogens (tertiary/aromatic N) is 2. The first kappa shape index (κ1) is 15.2. The van der Waals surface area contributed by atoms with E-state index in [1.54, 1.807) is 6.20 Å². The van der Waals surface area contributed by atoms with Crippen molar-refractivity contribution in [2.45, 2.75) is 25.7 Å². The highest BCUT2D eigenvalue weighted by atomic mass is 16.2. The Balaban J connectivity index is 1.46. The summed E-state index contributed by atoms with van der Waals surface area (Å²) in [5.74, 6) is 0.592. The topological polar surface area (TPSA) is 56.4 Å². The van der Waals surface area contributed by atoms with Crippen molar-refractivity contribution in [3.63, 3.8) is 0 Å². The number of fused-ring (bicyclic) bond motifs is 1. The SMILES string of the molecule is O=C(c1c[nH]c2ccccc12)N1CCCN(C(=O)C2CCC2)CC1. The van der Waals surface area contributed by atoms with Crippen LogP contribution >= 0.6 is 0 Å². The van der Waals surface area contributed by atoms with Gasteiger partial charge in [0.25, 0.3) is 5.91 Å². The number of carbonyl (C=O) groups excluding carboxylic acids is 2. The molecule has 1 aromatic heterocycles. The Kier molecular flexibility index (Phi) is 4.00.